The Balaban J connectivity index is 1.37. The van der Waals surface area contributed by atoms with Gasteiger partial charge in [0.1, 0.15) is 11.5 Å². The second-order valence-corrected chi connectivity index (χ2v) is 8.13. The molecule has 0 radical (unpaired) electrons. The summed E-state index contributed by atoms with van der Waals surface area (Å²) < 4.78 is 16.0. The summed E-state index contributed by atoms with van der Waals surface area (Å²) in [5.41, 5.74) is 0.504. The summed E-state index contributed by atoms with van der Waals surface area (Å²) >= 11 is 0. The Morgan fingerprint density at radius 3 is 2.47 bits per heavy atom. The van der Waals surface area contributed by atoms with Crippen molar-refractivity contribution in [3.05, 3.63) is 111 Å². The second-order valence-electron chi connectivity index (χ2n) is 8.13. The minimum Gasteiger partial charge on any atom is -0.342 e. The van der Waals surface area contributed by atoms with Gasteiger partial charge in [0.15, 0.2) is 0 Å². The molecule has 0 bridgehead atoms. The number of fused-ring (bicyclic) bond motifs is 2. The van der Waals surface area contributed by atoms with Crippen LogP contribution in [-0.4, -0.2) is 33.1 Å². The molecule has 9 nitrogen and oxygen atoms in total. The molecule has 5 rings (SSSR count). The van der Waals surface area contributed by atoms with Gasteiger partial charge in [0, 0.05) is 16.5 Å². The molecule has 0 saturated carbocycles. The van der Waals surface area contributed by atoms with Crippen LogP contribution in [-0.2, 0) is 11.3 Å². The van der Waals surface area contributed by atoms with Crippen LogP contribution < -0.4 is 21.8 Å². The monoisotopic (exact) mass is 485 g/mol. The lowest BCUT2D eigenvalue weighted by Crippen LogP contribution is -2.34. The number of carbonyl (C=O) groups excluding carboxylic acids is 2. The van der Waals surface area contributed by atoms with Crippen molar-refractivity contribution in [2.45, 2.75) is 6.54 Å². The van der Waals surface area contributed by atoms with Gasteiger partial charge < -0.3 is 15.2 Å². The molecule has 0 saturated heterocycles. The Hall–Kier alpha value is -4.99. The summed E-state index contributed by atoms with van der Waals surface area (Å²) in [6, 6.07) is 19.8. The minimum atomic E-state index is -0.590. The van der Waals surface area contributed by atoms with Crippen LogP contribution in [0.2, 0.25) is 0 Å². The number of anilines is 1. The van der Waals surface area contributed by atoms with E-state index >= 15 is 0 Å². The van der Waals surface area contributed by atoms with Gasteiger partial charge in [-0.2, -0.15) is 0 Å². The van der Waals surface area contributed by atoms with E-state index in [2.05, 4.69) is 20.8 Å². The summed E-state index contributed by atoms with van der Waals surface area (Å²) in [6.07, 6.45) is 0. The predicted molar refractivity (Wildman–Crippen MR) is 134 cm³/mol. The number of rotatable bonds is 6. The SMILES string of the molecule is O=C(CNC(=O)c1cc2ccccc2n1Cc1ccccc1F)Nc1cccc2c(=O)[nH][nH]c(=O)c12. The van der Waals surface area contributed by atoms with Crippen LogP contribution in [0.15, 0.2) is 82.4 Å². The molecular formula is C26H20FN5O4. The van der Waals surface area contributed by atoms with Gasteiger partial charge in [-0.25, -0.2) is 4.39 Å². The highest BCUT2D eigenvalue weighted by molar-refractivity contribution is 6.04. The third-order valence-electron chi connectivity index (χ3n) is 5.84. The number of amides is 2. The van der Waals surface area contributed by atoms with Crippen molar-refractivity contribution in [2.75, 3.05) is 11.9 Å². The molecule has 2 aromatic heterocycles. The fraction of sp³-hybridized carbons (Fsp3) is 0.0769. The largest absolute Gasteiger partial charge is 0.342 e. The number of nitrogens with zero attached hydrogens (tertiary/aromatic N) is 1. The first-order valence-corrected chi connectivity index (χ1v) is 11.1. The molecule has 0 aliphatic rings. The number of carbonyl (C=O) groups is 2. The molecule has 0 atom stereocenters. The number of hydrogen-bond donors (Lipinski definition) is 4. The number of nitrogens with one attached hydrogen (secondary N) is 4. The van der Waals surface area contributed by atoms with Gasteiger partial charge in [-0.1, -0.05) is 42.5 Å². The number of aromatic nitrogens is 3. The van der Waals surface area contributed by atoms with E-state index in [1.165, 1.54) is 24.3 Å². The van der Waals surface area contributed by atoms with E-state index in [0.717, 1.165) is 10.9 Å². The summed E-state index contributed by atoms with van der Waals surface area (Å²) in [5.74, 6) is -1.50. The van der Waals surface area contributed by atoms with E-state index in [4.69, 9.17) is 0 Å². The summed E-state index contributed by atoms with van der Waals surface area (Å²) in [7, 11) is 0. The van der Waals surface area contributed by atoms with Crippen LogP contribution in [0.5, 0.6) is 0 Å². The highest BCUT2D eigenvalue weighted by Crippen LogP contribution is 2.22. The third kappa shape index (κ3) is 4.27. The summed E-state index contributed by atoms with van der Waals surface area (Å²) in [6.45, 7) is -0.264. The molecular weight excluding hydrogens is 465 g/mol. The molecule has 0 aliphatic carbocycles. The number of benzene rings is 3. The molecule has 0 fully saturated rings. The molecule has 4 N–H and O–H groups in total. The normalized spacial score (nSPS) is 11.0. The van der Waals surface area contributed by atoms with Crippen LogP contribution in [0.3, 0.4) is 0 Å². The van der Waals surface area contributed by atoms with Crippen LogP contribution in [0.4, 0.5) is 10.1 Å². The zero-order chi connectivity index (χ0) is 25.2. The van der Waals surface area contributed by atoms with E-state index in [1.54, 1.807) is 28.8 Å². The molecule has 36 heavy (non-hydrogen) atoms. The van der Waals surface area contributed by atoms with Crippen molar-refractivity contribution in [2.24, 2.45) is 0 Å². The van der Waals surface area contributed by atoms with Crippen molar-refractivity contribution in [1.82, 2.24) is 20.1 Å². The Labute approximate surface area is 202 Å². The van der Waals surface area contributed by atoms with E-state index in [1.807, 2.05) is 24.3 Å². The average Bonchev–Trinajstić information content (AvgIpc) is 3.25. The lowest BCUT2D eigenvalue weighted by molar-refractivity contribution is -0.115. The van der Waals surface area contributed by atoms with Gasteiger partial charge in [-0.3, -0.25) is 29.4 Å². The fourth-order valence-corrected chi connectivity index (χ4v) is 4.15. The van der Waals surface area contributed by atoms with Crippen molar-refractivity contribution in [3.8, 4) is 0 Å². The topological polar surface area (TPSA) is 129 Å². The maximum absolute atomic E-state index is 14.3. The number of halogens is 1. The van der Waals surface area contributed by atoms with Crippen LogP contribution in [0.25, 0.3) is 21.7 Å². The molecule has 5 aromatic rings. The van der Waals surface area contributed by atoms with E-state index in [-0.39, 0.29) is 34.5 Å². The highest BCUT2D eigenvalue weighted by atomic mass is 19.1. The maximum Gasteiger partial charge on any atom is 0.272 e. The zero-order valence-electron chi connectivity index (χ0n) is 18.8. The van der Waals surface area contributed by atoms with E-state index in [9.17, 15) is 23.6 Å². The lowest BCUT2D eigenvalue weighted by atomic mass is 10.1. The van der Waals surface area contributed by atoms with Gasteiger partial charge in [0.05, 0.1) is 29.5 Å². The van der Waals surface area contributed by atoms with Crippen molar-refractivity contribution >= 4 is 39.2 Å². The van der Waals surface area contributed by atoms with Crippen LogP contribution in [0, 0.1) is 5.82 Å². The zero-order valence-corrected chi connectivity index (χ0v) is 18.8. The molecule has 0 unspecified atom stereocenters. The molecule has 0 spiro atoms. The fourth-order valence-electron chi connectivity index (χ4n) is 4.15. The first kappa shape index (κ1) is 22.8. The number of para-hydroxylation sites is 1. The molecule has 0 aliphatic heterocycles. The molecule has 2 amide bonds. The van der Waals surface area contributed by atoms with Crippen LogP contribution >= 0.6 is 0 Å². The van der Waals surface area contributed by atoms with Gasteiger partial charge in [0.25, 0.3) is 17.0 Å². The van der Waals surface area contributed by atoms with Gasteiger partial charge >= 0.3 is 0 Å². The molecule has 10 heteroatoms. The quantitative estimate of drug-likeness (QED) is 0.295. The second kappa shape index (κ2) is 9.34. The Bertz CT molecular complexity index is 1750. The third-order valence-corrected chi connectivity index (χ3v) is 5.84. The maximum atomic E-state index is 14.3. The molecule has 2 heterocycles. The number of H-pyrrole nitrogens is 2. The Morgan fingerprint density at radius 1 is 0.889 bits per heavy atom. The van der Waals surface area contributed by atoms with E-state index < -0.39 is 29.5 Å². The van der Waals surface area contributed by atoms with Crippen molar-refractivity contribution in [1.29, 1.82) is 0 Å². The van der Waals surface area contributed by atoms with Gasteiger partial charge in [-0.05, 0) is 30.3 Å². The van der Waals surface area contributed by atoms with Crippen LogP contribution in [0.1, 0.15) is 16.1 Å². The minimum absolute atomic E-state index is 0.0333. The molecule has 3 aromatic carbocycles. The number of aromatic amines is 2. The lowest BCUT2D eigenvalue weighted by Gasteiger charge is -2.12. The van der Waals surface area contributed by atoms with E-state index in [0.29, 0.717) is 5.56 Å². The number of hydrogen-bond acceptors (Lipinski definition) is 4. The predicted octanol–water partition coefficient (Wildman–Crippen LogP) is 2.73. The summed E-state index contributed by atoms with van der Waals surface area (Å²) in [4.78, 5) is 49.9. The van der Waals surface area contributed by atoms with Gasteiger partial charge in [-0.15, -0.1) is 0 Å². The first-order chi connectivity index (χ1) is 17.4. The molecule has 180 valence electrons. The summed E-state index contributed by atoms with van der Waals surface area (Å²) in [5, 5.41) is 10.5. The van der Waals surface area contributed by atoms with Crippen molar-refractivity contribution < 1.29 is 14.0 Å². The standard InChI is InChI=1S/C26H20FN5O4/c27-18-9-3-1-7-16(18)14-32-20-11-4-2-6-15(20)12-21(32)25(35)28-13-22(33)29-19-10-5-8-17-23(19)26(36)31-30-24(17)34/h1-12H,13-14H2,(H,28,35)(H,29,33)(H,30,34)(H,31,36). The smallest absolute Gasteiger partial charge is 0.272 e. The van der Waals surface area contributed by atoms with Gasteiger partial charge in [0.2, 0.25) is 5.91 Å². The van der Waals surface area contributed by atoms with Crippen molar-refractivity contribution in [3.63, 3.8) is 0 Å². The first-order valence-electron chi connectivity index (χ1n) is 11.1. The Kier molecular flexibility index (Phi) is 5.91. The highest BCUT2D eigenvalue weighted by Gasteiger charge is 2.18. The Morgan fingerprint density at radius 2 is 1.64 bits per heavy atom. The average molecular weight is 485 g/mol.